The Morgan fingerprint density at radius 2 is 1.78 bits per heavy atom. The van der Waals surface area contributed by atoms with E-state index in [1.54, 1.807) is 24.3 Å². The largest absolute Gasteiger partial charge is 0.373 e. The van der Waals surface area contributed by atoms with Crippen molar-refractivity contribution in [1.82, 2.24) is 15.1 Å². The third kappa shape index (κ3) is 4.51. The number of likely N-dealkylation sites (N-methyl/N-ethyl adjacent to an activating group) is 1. The highest BCUT2D eigenvalue weighted by atomic mass is 16.5. The van der Waals surface area contributed by atoms with Gasteiger partial charge in [-0.15, -0.1) is 0 Å². The van der Waals surface area contributed by atoms with Crippen molar-refractivity contribution >= 4 is 23.5 Å². The number of nitrogens with zero attached hydrogens (tertiary/aromatic N) is 3. The summed E-state index contributed by atoms with van der Waals surface area (Å²) in [5, 5.41) is 2.33. The van der Waals surface area contributed by atoms with Gasteiger partial charge in [-0.2, -0.15) is 0 Å². The summed E-state index contributed by atoms with van der Waals surface area (Å²) in [6, 6.07) is 16.2. The van der Waals surface area contributed by atoms with Crippen molar-refractivity contribution in [1.29, 1.82) is 0 Å². The zero-order valence-electron chi connectivity index (χ0n) is 18.4. The van der Waals surface area contributed by atoms with Gasteiger partial charge in [0.15, 0.2) is 0 Å². The summed E-state index contributed by atoms with van der Waals surface area (Å²) in [7, 11) is 3.97. The highest BCUT2D eigenvalue weighted by Crippen LogP contribution is 2.33. The summed E-state index contributed by atoms with van der Waals surface area (Å²) in [6.45, 7) is 1.79. The molecule has 0 saturated carbocycles. The summed E-state index contributed by atoms with van der Waals surface area (Å²) in [5.74, 6) is -0.467. The zero-order valence-corrected chi connectivity index (χ0v) is 18.4. The van der Waals surface area contributed by atoms with Crippen LogP contribution < -0.4 is 10.2 Å². The molecule has 1 N–H and O–H groups in total. The third-order valence-corrected chi connectivity index (χ3v) is 5.78. The maximum Gasteiger partial charge on any atom is 0.328 e. The summed E-state index contributed by atoms with van der Waals surface area (Å²) in [4.78, 5) is 43.3. The van der Waals surface area contributed by atoms with Gasteiger partial charge >= 0.3 is 6.03 Å². The molecule has 32 heavy (non-hydrogen) atoms. The highest BCUT2D eigenvalue weighted by Gasteiger charge is 2.38. The van der Waals surface area contributed by atoms with Gasteiger partial charge in [0.2, 0.25) is 5.91 Å². The zero-order chi connectivity index (χ0) is 22.7. The Morgan fingerprint density at radius 1 is 1.06 bits per heavy atom. The first-order valence-electron chi connectivity index (χ1n) is 10.8. The lowest BCUT2D eigenvalue weighted by Crippen LogP contribution is -2.52. The van der Waals surface area contributed by atoms with E-state index in [4.69, 9.17) is 4.74 Å². The number of para-hydroxylation sites is 1. The van der Waals surface area contributed by atoms with Gasteiger partial charge in [0.25, 0.3) is 5.91 Å². The van der Waals surface area contributed by atoms with Crippen LogP contribution in [0.2, 0.25) is 0 Å². The Morgan fingerprint density at radius 3 is 2.50 bits per heavy atom. The van der Waals surface area contributed by atoms with Crippen LogP contribution in [0.4, 0.5) is 10.5 Å². The number of urea groups is 1. The number of amides is 4. The number of rotatable bonds is 5. The average molecular weight is 437 g/mol. The van der Waals surface area contributed by atoms with Crippen molar-refractivity contribution in [2.45, 2.75) is 18.6 Å². The standard InChI is InChI=1S/C24H28N4O4/c1-26(2)16-20-22(17-8-4-3-5-9-17)28(14-15-32-20)23(30)18-10-6-7-11-19(18)27-13-12-21(29)25-24(27)31/h3-11,20,22H,12-16H2,1-2H3,(H,25,29,31)/t20-,22-/m0/s1. The molecule has 8 heteroatoms. The van der Waals surface area contributed by atoms with Crippen LogP contribution in [-0.4, -0.2) is 74.1 Å². The van der Waals surface area contributed by atoms with E-state index in [2.05, 4.69) is 10.2 Å². The predicted octanol–water partition coefficient (Wildman–Crippen LogP) is 2.28. The molecule has 2 atom stereocenters. The van der Waals surface area contributed by atoms with E-state index in [0.29, 0.717) is 30.9 Å². The number of carbonyl (C=O) groups excluding carboxylic acids is 3. The summed E-state index contributed by atoms with van der Waals surface area (Å²) < 4.78 is 6.10. The molecule has 2 heterocycles. The Balaban J connectivity index is 1.70. The fourth-order valence-corrected chi connectivity index (χ4v) is 4.36. The SMILES string of the molecule is CN(C)C[C@@H]1OCCN(C(=O)c2ccccc2N2CCC(=O)NC2=O)[C@H]1c1ccccc1. The number of carbonyl (C=O) groups is 3. The van der Waals surface area contributed by atoms with E-state index in [9.17, 15) is 14.4 Å². The first-order valence-corrected chi connectivity index (χ1v) is 10.8. The van der Waals surface area contributed by atoms with Gasteiger partial charge in [-0.3, -0.25) is 19.8 Å². The molecule has 168 valence electrons. The molecule has 2 aliphatic heterocycles. The molecule has 0 bridgehead atoms. The smallest absolute Gasteiger partial charge is 0.328 e. The van der Waals surface area contributed by atoms with Crippen LogP contribution in [0.15, 0.2) is 54.6 Å². The van der Waals surface area contributed by atoms with Gasteiger partial charge in [0.05, 0.1) is 30.0 Å². The normalized spacial score (nSPS) is 21.6. The van der Waals surface area contributed by atoms with Crippen molar-refractivity contribution in [3.05, 3.63) is 65.7 Å². The second-order valence-corrected chi connectivity index (χ2v) is 8.30. The van der Waals surface area contributed by atoms with Crippen molar-refractivity contribution in [3.63, 3.8) is 0 Å². The lowest BCUT2D eigenvalue weighted by atomic mass is 9.96. The molecule has 2 aromatic rings. The first kappa shape index (κ1) is 22.0. The van der Waals surface area contributed by atoms with E-state index >= 15 is 0 Å². The van der Waals surface area contributed by atoms with Crippen LogP contribution in [0.1, 0.15) is 28.4 Å². The van der Waals surface area contributed by atoms with E-state index in [1.807, 2.05) is 49.3 Å². The molecule has 2 aromatic carbocycles. The van der Waals surface area contributed by atoms with Crippen LogP contribution in [0.5, 0.6) is 0 Å². The monoisotopic (exact) mass is 436 g/mol. The lowest BCUT2D eigenvalue weighted by molar-refractivity contribution is -0.120. The molecule has 0 aliphatic carbocycles. The van der Waals surface area contributed by atoms with Gasteiger partial charge < -0.3 is 14.5 Å². The predicted molar refractivity (Wildman–Crippen MR) is 120 cm³/mol. The van der Waals surface area contributed by atoms with Crippen LogP contribution in [0.25, 0.3) is 0 Å². The van der Waals surface area contributed by atoms with Crippen molar-refractivity contribution < 1.29 is 19.1 Å². The number of imide groups is 1. The fourth-order valence-electron chi connectivity index (χ4n) is 4.36. The van der Waals surface area contributed by atoms with Crippen LogP contribution >= 0.6 is 0 Å². The minimum atomic E-state index is -0.506. The molecule has 2 fully saturated rings. The van der Waals surface area contributed by atoms with Gasteiger partial charge in [0, 0.05) is 26.1 Å². The second kappa shape index (κ2) is 9.50. The summed E-state index contributed by atoms with van der Waals surface area (Å²) in [6.07, 6.45) is 0.0109. The first-order chi connectivity index (χ1) is 15.5. The second-order valence-electron chi connectivity index (χ2n) is 8.30. The van der Waals surface area contributed by atoms with Crippen LogP contribution in [-0.2, 0) is 9.53 Å². The number of hydrogen-bond donors (Lipinski definition) is 1. The number of benzene rings is 2. The highest BCUT2D eigenvalue weighted by molar-refractivity contribution is 6.09. The van der Waals surface area contributed by atoms with E-state index < -0.39 is 6.03 Å². The van der Waals surface area contributed by atoms with Crippen LogP contribution in [0.3, 0.4) is 0 Å². The minimum absolute atomic E-state index is 0.161. The number of morpholine rings is 1. The topological polar surface area (TPSA) is 82.2 Å². The number of ether oxygens (including phenoxy) is 1. The van der Waals surface area contributed by atoms with E-state index in [-0.39, 0.29) is 36.9 Å². The minimum Gasteiger partial charge on any atom is -0.373 e. The van der Waals surface area contributed by atoms with Crippen LogP contribution in [0, 0.1) is 0 Å². The summed E-state index contributed by atoms with van der Waals surface area (Å²) >= 11 is 0. The molecule has 4 rings (SSSR count). The van der Waals surface area contributed by atoms with Crippen molar-refractivity contribution in [3.8, 4) is 0 Å². The molecule has 0 aromatic heterocycles. The molecular weight excluding hydrogens is 408 g/mol. The van der Waals surface area contributed by atoms with E-state index in [1.165, 1.54) is 4.90 Å². The molecule has 2 saturated heterocycles. The van der Waals surface area contributed by atoms with Gasteiger partial charge in [0.1, 0.15) is 0 Å². The maximum absolute atomic E-state index is 13.9. The van der Waals surface area contributed by atoms with Gasteiger partial charge in [-0.05, 0) is 31.8 Å². The quantitative estimate of drug-likeness (QED) is 0.778. The van der Waals surface area contributed by atoms with Gasteiger partial charge in [-0.1, -0.05) is 42.5 Å². The van der Waals surface area contributed by atoms with Crippen molar-refractivity contribution in [2.75, 3.05) is 45.2 Å². The van der Waals surface area contributed by atoms with Crippen molar-refractivity contribution in [2.24, 2.45) is 0 Å². The average Bonchev–Trinajstić information content (AvgIpc) is 2.79. The molecule has 2 aliphatic rings. The molecule has 4 amide bonds. The number of nitrogens with one attached hydrogen (secondary N) is 1. The summed E-state index contributed by atoms with van der Waals surface area (Å²) in [5.41, 5.74) is 1.94. The Bertz CT molecular complexity index is 995. The number of anilines is 1. The Labute approximate surface area is 187 Å². The molecule has 0 unspecified atom stereocenters. The maximum atomic E-state index is 13.9. The molecule has 0 spiro atoms. The molecule has 0 radical (unpaired) electrons. The molecule has 8 nitrogen and oxygen atoms in total. The Hall–Kier alpha value is -3.23. The number of hydrogen-bond acceptors (Lipinski definition) is 5. The molecular formula is C24H28N4O4. The van der Waals surface area contributed by atoms with Gasteiger partial charge in [-0.25, -0.2) is 4.79 Å². The Kier molecular flexibility index (Phi) is 6.53. The van der Waals surface area contributed by atoms with E-state index in [0.717, 1.165) is 5.56 Å². The fraction of sp³-hybridized carbons (Fsp3) is 0.375. The third-order valence-electron chi connectivity index (χ3n) is 5.78. The lowest BCUT2D eigenvalue weighted by Gasteiger charge is -2.43.